The lowest BCUT2D eigenvalue weighted by atomic mass is 10.2. The highest BCUT2D eigenvalue weighted by molar-refractivity contribution is 5.75. The second kappa shape index (κ2) is 6.27. The summed E-state index contributed by atoms with van der Waals surface area (Å²) in [5.41, 5.74) is 5.36. The lowest BCUT2D eigenvalue weighted by molar-refractivity contribution is -0.135. The van der Waals surface area contributed by atoms with E-state index in [-0.39, 0.29) is 25.4 Å². The summed E-state index contributed by atoms with van der Waals surface area (Å²) in [6.45, 7) is 0.238. The van der Waals surface area contributed by atoms with Crippen LogP contribution in [-0.4, -0.2) is 28.4 Å². The van der Waals surface area contributed by atoms with Crippen molar-refractivity contribution < 1.29 is 18.0 Å². The van der Waals surface area contributed by atoms with Crippen LogP contribution >= 0.6 is 0 Å². The largest absolute Gasteiger partial charge is 0.389 e. The third kappa shape index (κ3) is 6.12. The fraction of sp³-hybridized carbons (Fsp3) is 0.600. The van der Waals surface area contributed by atoms with Crippen LogP contribution in [-0.2, 0) is 11.3 Å². The first-order chi connectivity index (χ1) is 8.37. The first kappa shape index (κ1) is 14.3. The van der Waals surface area contributed by atoms with Crippen LogP contribution in [0.5, 0.6) is 0 Å². The van der Waals surface area contributed by atoms with Gasteiger partial charge in [0.25, 0.3) is 0 Å². The molecule has 8 heteroatoms. The minimum Gasteiger partial charge on any atom is -0.382 e. The van der Waals surface area contributed by atoms with Crippen LogP contribution in [0.25, 0.3) is 0 Å². The molecule has 0 aromatic carbocycles. The van der Waals surface area contributed by atoms with Crippen LogP contribution in [0.1, 0.15) is 19.3 Å². The summed E-state index contributed by atoms with van der Waals surface area (Å²) in [5, 5.41) is 6.33. The van der Waals surface area contributed by atoms with Gasteiger partial charge in [-0.2, -0.15) is 18.3 Å². The van der Waals surface area contributed by atoms with E-state index in [4.69, 9.17) is 5.73 Å². The van der Waals surface area contributed by atoms with Crippen LogP contribution in [0, 0.1) is 0 Å². The second-order valence-corrected chi connectivity index (χ2v) is 3.86. The van der Waals surface area contributed by atoms with E-state index in [0.29, 0.717) is 12.2 Å². The van der Waals surface area contributed by atoms with Crippen molar-refractivity contribution in [1.29, 1.82) is 0 Å². The number of nitrogens with zero attached hydrogens (tertiary/aromatic N) is 2. The third-order valence-corrected chi connectivity index (χ3v) is 2.18. The summed E-state index contributed by atoms with van der Waals surface area (Å²) in [5.74, 6) is 0.0121. The van der Waals surface area contributed by atoms with Crippen molar-refractivity contribution in [2.24, 2.45) is 0 Å². The van der Waals surface area contributed by atoms with Crippen LogP contribution in [0.15, 0.2) is 12.3 Å². The van der Waals surface area contributed by atoms with Gasteiger partial charge in [-0.25, -0.2) is 0 Å². The molecule has 1 aromatic rings. The molecular formula is C10H15F3N4O. The average Bonchev–Trinajstić information content (AvgIpc) is 2.61. The molecule has 0 aliphatic carbocycles. The predicted octanol–water partition coefficient (Wildman–Crippen LogP) is 1.31. The summed E-state index contributed by atoms with van der Waals surface area (Å²) in [6, 6.07) is 1.55. The molecule has 0 saturated carbocycles. The number of halogens is 3. The minimum atomic E-state index is -4.13. The molecule has 1 heterocycles. The van der Waals surface area contributed by atoms with Gasteiger partial charge in [0.15, 0.2) is 0 Å². The molecule has 1 aromatic heterocycles. The number of alkyl halides is 3. The van der Waals surface area contributed by atoms with Crippen molar-refractivity contribution in [2.75, 3.05) is 12.3 Å². The van der Waals surface area contributed by atoms with Gasteiger partial charge in [0.2, 0.25) is 5.91 Å². The number of aromatic nitrogens is 2. The van der Waals surface area contributed by atoms with E-state index in [1.54, 1.807) is 12.3 Å². The minimum absolute atomic E-state index is 0.0104. The highest BCUT2D eigenvalue weighted by Gasteiger charge is 2.25. The fourth-order valence-corrected chi connectivity index (χ4v) is 1.35. The number of nitrogens with two attached hydrogens (primary N) is 1. The first-order valence-electron chi connectivity index (χ1n) is 5.49. The number of anilines is 1. The van der Waals surface area contributed by atoms with Crippen molar-refractivity contribution in [3.05, 3.63) is 12.3 Å². The van der Waals surface area contributed by atoms with E-state index < -0.39 is 12.6 Å². The molecule has 0 radical (unpaired) electrons. The van der Waals surface area contributed by atoms with E-state index in [1.807, 2.05) is 0 Å². The standard InChI is InChI=1S/C10H15F3N4O/c11-10(12,13)4-1-2-5-15-9(18)7-17-6-3-8(14)16-17/h3,6H,1-2,4-5,7H2,(H2,14,16)(H,15,18). The Labute approximate surface area is 102 Å². The number of nitrogen functional groups attached to an aromatic ring is 1. The van der Waals surface area contributed by atoms with Crippen LogP contribution < -0.4 is 11.1 Å². The fourth-order valence-electron chi connectivity index (χ4n) is 1.35. The topological polar surface area (TPSA) is 72.9 Å². The molecule has 1 amide bonds. The molecular weight excluding hydrogens is 249 g/mol. The smallest absolute Gasteiger partial charge is 0.382 e. The molecule has 1 rings (SSSR count). The number of nitrogens with one attached hydrogen (secondary N) is 1. The summed E-state index contributed by atoms with van der Waals surface area (Å²) in [6.07, 6.45) is -3.08. The SMILES string of the molecule is Nc1ccn(CC(=O)NCCCCC(F)(F)F)n1. The molecule has 5 nitrogen and oxygen atoms in total. The highest BCUT2D eigenvalue weighted by Crippen LogP contribution is 2.21. The predicted molar refractivity (Wildman–Crippen MR) is 59.6 cm³/mol. The maximum absolute atomic E-state index is 11.8. The Kier molecular flexibility index (Phi) is 4.99. The van der Waals surface area contributed by atoms with Gasteiger partial charge in [0.1, 0.15) is 12.4 Å². The maximum atomic E-state index is 11.8. The molecule has 0 atom stereocenters. The Morgan fingerprint density at radius 1 is 1.44 bits per heavy atom. The van der Waals surface area contributed by atoms with Crippen molar-refractivity contribution in [1.82, 2.24) is 15.1 Å². The van der Waals surface area contributed by atoms with E-state index in [1.165, 1.54) is 4.68 Å². The third-order valence-electron chi connectivity index (χ3n) is 2.18. The quantitative estimate of drug-likeness (QED) is 0.761. The summed E-state index contributed by atoms with van der Waals surface area (Å²) in [7, 11) is 0. The average molecular weight is 264 g/mol. The van der Waals surface area contributed by atoms with Crippen molar-refractivity contribution in [3.8, 4) is 0 Å². The van der Waals surface area contributed by atoms with E-state index >= 15 is 0 Å². The number of carbonyl (C=O) groups is 1. The Hall–Kier alpha value is -1.73. The van der Waals surface area contributed by atoms with Crippen molar-refractivity contribution in [3.63, 3.8) is 0 Å². The molecule has 0 unspecified atom stereocenters. The Bertz CT molecular complexity index is 389. The van der Waals surface area contributed by atoms with Gasteiger partial charge in [0, 0.05) is 19.2 Å². The highest BCUT2D eigenvalue weighted by atomic mass is 19.4. The monoisotopic (exact) mass is 264 g/mol. The molecule has 0 spiro atoms. The molecule has 102 valence electrons. The molecule has 3 N–H and O–H groups in total. The van der Waals surface area contributed by atoms with E-state index in [0.717, 1.165) is 0 Å². The number of amides is 1. The van der Waals surface area contributed by atoms with E-state index in [2.05, 4.69) is 10.4 Å². The van der Waals surface area contributed by atoms with Crippen molar-refractivity contribution >= 4 is 11.7 Å². The zero-order chi connectivity index (χ0) is 13.6. The van der Waals surface area contributed by atoms with Gasteiger partial charge >= 0.3 is 6.18 Å². The van der Waals surface area contributed by atoms with Gasteiger partial charge < -0.3 is 11.1 Å². The van der Waals surface area contributed by atoms with Gasteiger partial charge in [-0.15, -0.1) is 0 Å². The molecule has 0 aliphatic rings. The first-order valence-corrected chi connectivity index (χ1v) is 5.49. The van der Waals surface area contributed by atoms with Gasteiger partial charge in [-0.05, 0) is 18.9 Å². The summed E-state index contributed by atoms with van der Waals surface area (Å²) in [4.78, 5) is 11.3. The number of unbranched alkanes of at least 4 members (excludes halogenated alkanes) is 1. The lowest BCUT2D eigenvalue weighted by Crippen LogP contribution is -2.28. The van der Waals surface area contributed by atoms with E-state index in [9.17, 15) is 18.0 Å². The number of hydrogen-bond donors (Lipinski definition) is 2. The molecule has 0 fully saturated rings. The number of hydrogen-bond acceptors (Lipinski definition) is 3. The van der Waals surface area contributed by atoms with Crippen LogP contribution in [0.2, 0.25) is 0 Å². The Balaban J connectivity index is 2.11. The number of rotatable bonds is 6. The van der Waals surface area contributed by atoms with Gasteiger partial charge in [0.05, 0.1) is 0 Å². The lowest BCUT2D eigenvalue weighted by Gasteiger charge is -2.07. The molecule has 0 aliphatic heterocycles. The van der Waals surface area contributed by atoms with Crippen LogP contribution in [0.3, 0.4) is 0 Å². The molecule has 18 heavy (non-hydrogen) atoms. The second-order valence-electron chi connectivity index (χ2n) is 3.86. The number of carbonyl (C=O) groups excluding carboxylic acids is 1. The van der Waals surface area contributed by atoms with Gasteiger partial charge in [-0.1, -0.05) is 0 Å². The van der Waals surface area contributed by atoms with Gasteiger partial charge in [-0.3, -0.25) is 9.48 Å². The normalized spacial score (nSPS) is 11.5. The summed E-state index contributed by atoms with van der Waals surface area (Å²) >= 11 is 0. The zero-order valence-electron chi connectivity index (χ0n) is 9.70. The Morgan fingerprint density at radius 2 is 2.17 bits per heavy atom. The summed E-state index contributed by atoms with van der Waals surface area (Å²) < 4.78 is 36.8. The Morgan fingerprint density at radius 3 is 2.72 bits per heavy atom. The van der Waals surface area contributed by atoms with Crippen molar-refractivity contribution in [2.45, 2.75) is 32.0 Å². The zero-order valence-corrected chi connectivity index (χ0v) is 9.70. The molecule has 0 saturated heterocycles. The van der Waals surface area contributed by atoms with Crippen LogP contribution in [0.4, 0.5) is 19.0 Å². The molecule has 0 bridgehead atoms. The maximum Gasteiger partial charge on any atom is 0.389 e.